The molecule has 2 N–H and O–H groups in total. The number of piperidine rings is 1. The Morgan fingerprint density at radius 3 is 2.61 bits per heavy atom. The number of rotatable bonds is 4. The van der Waals surface area contributed by atoms with Crippen molar-refractivity contribution in [3.8, 4) is 28.8 Å². The Kier molecular flexibility index (Phi) is 4.75. The van der Waals surface area contributed by atoms with Crippen molar-refractivity contribution in [2.24, 2.45) is 5.41 Å². The van der Waals surface area contributed by atoms with Crippen molar-refractivity contribution in [1.29, 1.82) is 5.26 Å². The summed E-state index contributed by atoms with van der Waals surface area (Å²) in [7, 11) is 1.66. The van der Waals surface area contributed by atoms with Gasteiger partial charge in [0.1, 0.15) is 29.5 Å². The molecule has 8 heteroatoms. The van der Waals surface area contributed by atoms with E-state index in [1.54, 1.807) is 36.5 Å². The van der Waals surface area contributed by atoms with Crippen molar-refractivity contribution in [1.82, 2.24) is 14.5 Å². The van der Waals surface area contributed by atoms with Crippen LogP contribution in [0.2, 0.25) is 0 Å². The van der Waals surface area contributed by atoms with E-state index in [0.29, 0.717) is 22.6 Å². The first-order chi connectivity index (χ1) is 15.1. The zero-order valence-electron chi connectivity index (χ0n) is 17.4. The molecule has 1 spiro atoms. The summed E-state index contributed by atoms with van der Waals surface area (Å²) in [5.41, 5.74) is 9.60. The van der Waals surface area contributed by atoms with E-state index in [2.05, 4.69) is 27.0 Å². The van der Waals surface area contributed by atoms with E-state index in [1.807, 2.05) is 12.1 Å². The van der Waals surface area contributed by atoms with Crippen molar-refractivity contribution >= 4 is 11.5 Å². The van der Waals surface area contributed by atoms with E-state index in [4.69, 9.17) is 15.2 Å². The maximum absolute atomic E-state index is 9.97. The molecule has 0 saturated carbocycles. The van der Waals surface area contributed by atoms with Crippen LogP contribution in [-0.2, 0) is 4.74 Å². The van der Waals surface area contributed by atoms with Crippen LogP contribution >= 0.6 is 0 Å². The Morgan fingerprint density at radius 2 is 2.00 bits per heavy atom. The number of anilines is 2. The van der Waals surface area contributed by atoms with Crippen LogP contribution in [0, 0.1) is 16.7 Å². The summed E-state index contributed by atoms with van der Waals surface area (Å²) in [6.45, 7) is 3.70. The number of nitriles is 1. The highest BCUT2D eigenvalue weighted by atomic mass is 16.5. The molecule has 158 valence electrons. The number of nitrogens with zero attached hydrogens (tertiary/aromatic N) is 5. The molecule has 8 nitrogen and oxygen atoms in total. The van der Waals surface area contributed by atoms with Crippen LogP contribution in [0.15, 0.2) is 43.0 Å². The SMILES string of the molecule is COc1cc(-c2cc(N)nc(-n3ccnc3)c2C#N)cc(N2CCC3(CC2)COC3)c1. The third-order valence-electron chi connectivity index (χ3n) is 6.32. The molecular weight excluding hydrogens is 392 g/mol. The number of aromatic nitrogens is 3. The highest BCUT2D eigenvalue weighted by Gasteiger charge is 2.41. The summed E-state index contributed by atoms with van der Waals surface area (Å²) < 4.78 is 12.7. The first-order valence-electron chi connectivity index (χ1n) is 10.3. The fourth-order valence-electron chi connectivity index (χ4n) is 4.42. The Bertz CT molecular complexity index is 1140. The number of hydrogen-bond acceptors (Lipinski definition) is 7. The highest BCUT2D eigenvalue weighted by Crippen LogP contribution is 2.41. The fraction of sp³-hybridized carbons (Fsp3) is 0.348. The number of imidazole rings is 1. The summed E-state index contributed by atoms with van der Waals surface area (Å²) >= 11 is 0. The molecule has 0 bridgehead atoms. The summed E-state index contributed by atoms with van der Waals surface area (Å²) in [5, 5.41) is 9.97. The van der Waals surface area contributed by atoms with Crippen molar-refractivity contribution in [2.75, 3.05) is 44.0 Å². The minimum Gasteiger partial charge on any atom is -0.497 e. The van der Waals surface area contributed by atoms with Crippen LogP contribution in [-0.4, -0.2) is 47.9 Å². The topological polar surface area (TPSA) is 102 Å². The van der Waals surface area contributed by atoms with Gasteiger partial charge < -0.3 is 20.1 Å². The Hall–Kier alpha value is -3.57. The predicted octanol–water partition coefficient (Wildman–Crippen LogP) is 3.01. The lowest BCUT2D eigenvalue weighted by Gasteiger charge is -2.47. The molecule has 2 saturated heterocycles. The van der Waals surface area contributed by atoms with Gasteiger partial charge in [-0.25, -0.2) is 9.97 Å². The third kappa shape index (κ3) is 3.47. The van der Waals surface area contributed by atoms with E-state index >= 15 is 0 Å². The maximum atomic E-state index is 9.97. The zero-order valence-corrected chi connectivity index (χ0v) is 17.4. The lowest BCUT2D eigenvalue weighted by Crippen LogP contribution is -2.50. The van der Waals surface area contributed by atoms with Crippen molar-refractivity contribution < 1.29 is 9.47 Å². The van der Waals surface area contributed by atoms with Crippen LogP contribution < -0.4 is 15.4 Å². The quantitative estimate of drug-likeness (QED) is 0.697. The number of methoxy groups -OCH3 is 1. The van der Waals surface area contributed by atoms with Gasteiger partial charge >= 0.3 is 0 Å². The molecule has 0 amide bonds. The molecule has 3 aromatic rings. The number of hydrogen-bond donors (Lipinski definition) is 1. The van der Waals surface area contributed by atoms with Crippen molar-refractivity contribution in [3.05, 3.63) is 48.5 Å². The maximum Gasteiger partial charge on any atom is 0.158 e. The van der Waals surface area contributed by atoms with Gasteiger partial charge in [0.05, 0.1) is 20.3 Å². The second-order valence-electron chi connectivity index (χ2n) is 8.27. The molecule has 1 aromatic carbocycles. The Balaban J connectivity index is 1.56. The van der Waals surface area contributed by atoms with Gasteiger partial charge in [0.2, 0.25) is 0 Å². The van der Waals surface area contributed by atoms with Crippen LogP contribution in [0.1, 0.15) is 18.4 Å². The van der Waals surface area contributed by atoms with Gasteiger partial charge in [-0.05, 0) is 36.6 Å². The molecule has 0 aliphatic carbocycles. The van der Waals surface area contributed by atoms with Gasteiger partial charge in [-0.3, -0.25) is 4.57 Å². The molecule has 2 aromatic heterocycles. The molecular formula is C23H24N6O2. The first kappa shape index (κ1) is 19.4. The number of nitrogen functional groups attached to an aromatic ring is 1. The minimum absolute atomic E-state index is 0.340. The van der Waals surface area contributed by atoms with Gasteiger partial charge in [0.15, 0.2) is 5.82 Å². The van der Waals surface area contributed by atoms with Crippen LogP contribution in [0.3, 0.4) is 0 Å². The lowest BCUT2D eigenvalue weighted by molar-refractivity contribution is -0.124. The summed E-state index contributed by atoms with van der Waals surface area (Å²) in [6.07, 6.45) is 7.24. The van der Waals surface area contributed by atoms with Crippen LogP contribution in [0.5, 0.6) is 5.75 Å². The molecule has 0 atom stereocenters. The number of ether oxygens (including phenoxy) is 2. The number of pyridine rings is 1. The predicted molar refractivity (Wildman–Crippen MR) is 117 cm³/mol. The molecule has 2 fully saturated rings. The Morgan fingerprint density at radius 1 is 1.19 bits per heavy atom. The second kappa shape index (κ2) is 7.60. The van der Waals surface area contributed by atoms with Gasteiger partial charge in [-0.15, -0.1) is 0 Å². The zero-order chi connectivity index (χ0) is 21.4. The fourth-order valence-corrected chi connectivity index (χ4v) is 4.42. The largest absolute Gasteiger partial charge is 0.497 e. The molecule has 31 heavy (non-hydrogen) atoms. The van der Waals surface area contributed by atoms with Gasteiger partial charge in [-0.1, -0.05) is 0 Å². The van der Waals surface area contributed by atoms with Gasteiger partial charge in [0.25, 0.3) is 0 Å². The van der Waals surface area contributed by atoms with Crippen molar-refractivity contribution in [3.63, 3.8) is 0 Å². The highest BCUT2D eigenvalue weighted by molar-refractivity contribution is 5.79. The summed E-state index contributed by atoms with van der Waals surface area (Å²) in [6, 6.07) is 10.1. The smallest absolute Gasteiger partial charge is 0.158 e. The molecule has 0 unspecified atom stereocenters. The van der Waals surface area contributed by atoms with Gasteiger partial charge in [0, 0.05) is 48.2 Å². The minimum atomic E-state index is 0.340. The average molecular weight is 416 g/mol. The molecule has 2 aliphatic heterocycles. The molecule has 0 radical (unpaired) electrons. The van der Waals surface area contributed by atoms with Crippen LogP contribution in [0.4, 0.5) is 11.5 Å². The first-order valence-corrected chi connectivity index (χ1v) is 10.3. The van der Waals surface area contributed by atoms with E-state index in [-0.39, 0.29) is 0 Å². The van der Waals surface area contributed by atoms with Crippen LogP contribution in [0.25, 0.3) is 16.9 Å². The van der Waals surface area contributed by atoms with Gasteiger partial charge in [-0.2, -0.15) is 5.26 Å². The number of benzene rings is 1. The van der Waals surface area contributed by atoms with Crippen molar-refractivity contribution in [2.45, 2.75) is 12.8 Å². The molecule has 5 rings (SSSR count). The van der Waals surface area contributed by atoms with E-state index in [9.17, 15) is 5.26 Å². The van der Waals surface area contributed by atoms with E-state index in [0.717, 1.165) is 61.7 Å². The number of nitrogens with two attached hydrogens (primary N) is 1. The van der Waals surface area contributed by atoms with E-state index in [1.165, 1.54) is 0 Å². The lowest BCUT2D eigenvalue weighted by atomic mass is 9.77. The standard InChI is InChI=1S/C23H24N6O2/c1-30-18-9-16(8-17(10-18)28-5-2-23(3-6-28)13-31-14-23)19-11-21(25)27-22(20(19)12-24)29-7-4-26-15-29/h4,7-11,15H,2-3,5-6,13-14H2,1H3,(H2,25,27). The Labute approximate surface area is 180 Å². The second-order valence-corrected chi connectivity index (χ2v) is 8.27. The normalized spacial score (nSPS) is 17.2. The summed E-state index contributed by atoms with van der Waals surface area (Å²) in [5.74, 6) is 1.54. The monoisotopic (exact) mass is 416 g/mol. The summed E-state index contributed by atoms with van der Waals surface area (Å²) in [4.78, 5) is 10.8. The molecule has 2 aliphatic rings. The third-order valence-corrected chi connectivity index (χ3v) is 6.32. The molecule has 4 heterocycles. The van der Waals surface area contributed by atoms with E-state index < -0.39 is 0 Å². The average Bonchev–Trinajstić information content (AvgIpc) is 3.32.